The van der Waals surface area contributed by atoms with Crippen LogP contribution in [-0.4, -0.2) is 9.55 Å². The van der Waals surface area contributed by atoms with Crippen molar-refractivity contribution in [1.82, 2.24) is 9.55 Å². The smallest absolute Gasteiger partial charge is 0.182 e. The van der Waals surface area contributed by atoms with Gasteiger partial charge in [-0.25, -0.2) is 4.39 Å². The summed E-state index contributed by atoms with van der Waals surface area (Å²) in [6, 6.07) is 10.3. The second-order valence-corrected chi connectivity index (χ2v) is 5.24. The number of imidazole rings is 1. The Balaban J connectivity index is 2.36. The summed E-state index contributed by atoms with van der Waals surface area (Å²) in [6.07, 6.45) is 0. The van der Waals surface area contributed by atoms with E-state index in [9.17, 15) is 4.39 Å². The molecule has 0 aliphatic rings. The van der Waals surface area contributed by atoms with Crippen LogP contribution in [0.1, 0.15) is 5.56 Å². The standard InChI is InChI=1S/C14H10ClFN2S/c1-8-4-10(16)7-11(5-8)18-13-3-2-9(15)6-12(13)17-14(18)19/h2-7H,1H3,(H,17,19). The van der Waals surface area contributed by atoms with E-state index in [0.717, 1.165) is 16.6 Å². The molecule has 1 N–H and O–H groups in total. The van der Waals surface area contributed by atoms with Crippen LogP contribution in [0.4, 0.5) is 4.39 Å². The Morgan fingerprint density at radius 3 is 2.74 bits per heavy atom. The fraction of sp³-hybridized carbons (Fsp3) is 0.0714. The summed E-state index contributed by atoms with van der Waals surface area (Å²) in [4.78, 5) is 3.08. The van der Waals surface area contributed by atoms with Crippen LogP contribution in [0, 0.1) is 17.5 Å². The van der Waals surface area contributed by atoms with Crippen molar-refractivity contribution in [1.29, 1.82) is 0 Å². The van der Waals surface area contributed by atoms with Gasteiger partial charge in [-0.2, -0.15) is 0 Å². The maximum Gasteiger partial charge on any atom is 0.182 e. The molecule has 0 saturated heterocycles. The van der Waals surface area contributed by atoms with Crippen LogP contribution in [0.5, 0.6) is 0 Å². The van der Waals surface area contributed by atoms with Gasteiger partial charge in [0.15, 0.2) is 4.77 Å². The zero-order chi connectivity index (χ0) is 13.6. The van der Waals surface area contributed by atoms with Crippen LogP contribution in [0.15, 0.2) is 36.4 Å². The molecule has 1 aromatic heterocycles. The zero-order valence-electron chi connectivity index (χ0n) is 10.1. The molecule has 2 nitrogen and oxygen atoms in total. The Kier molecular flexibility index (Phi) is 2.92. The van der Waals surface area contributed by atoms with Crippen molar-refractivity contribution in [3.63, 3.8) is 0 Å². The van der Waals surface area contributed by atoms with Gasteiger partial charge in [0, 0.05) is 5.02 Å². The van der Waals surface area contributed by atoms with Gasteiger partial charge in [0.2, 0.25) is 0 Å². The Hall–Kier alpha value is -1.65. The van der Waals surface area contributed by atoms with Gasteiger partial charge >= 0.3 is 0 Å². The largest absolute Gasteiger partial charge is 0.330 e. The molecule has 0 spiro atoms. The van der Waals surface area contributed by atoms with Crippen molar-refractivity contribution in [2.45, 2.75) is 6.92 Å². The lowest BCUT2D eigenvalue weighted by Crippen LogP contribution is -1.95. The van der Waals surface area contributed by atoms with Crippen molar-refractivity contribution < 1.29 is 4.39 Å². The highest BCUT2D eigenvalue weighted by Crippen LogP contribution is 2.23. The molecule has 0 amide bonds. The number of aryl methyl sites for hydroxylation is 1. The number of hydrogen-bond acceptors (Lipinski definition) is 1. The lowest BCUT2D eigenvalue weighted by Gasteiger charge is -2.06. The summed E-state index contributed by atoms with van der Waals surface area (Å²) >= 11 is 11.3. The topological polar surface area (TPSA) is 20.7 Å². The third kappa shape index (κ3) is 2.17. The van der Waals surface area contributed by atoms with Crippen molar-refractivity contribution in [2.24, 2.45) is 0 Å². The highest BCUT2D eigenvalue weighted by molar-refractivity contribution is 7.71. The van der Waals surface area contributed by atoms with E-state index >= 15 is 0 Å². The molecule has 0 aliphatic carbocycles. The molecule has 0 aliphatic heterocycles. The highest BCUT2D eigenvalue weighted by Gasteiger charge is 2.08. The summed E-state index contributed by atoms with van der Waals surface area (Å²) in [6.45, 7) is 1.85. The van der Waals surface area contributed by atoms with Crippen LogP contribution in [0.25, 0.3) is 16.7 Å². The molecule has 96 valence electrons. The number of halogens is 2. The summed E-state index contributed by atoms with van der Waals surface area (Å²) in [7, 11) is 0. The Morgan fingerprint density at radius 2 is 2.00 bits per heavy atom. The first kappa shape index (κ1) is 12.4. The average Bonchev–Trinajstić information content (AvgIpc) is 2.62. The lowest BCUT2D eigenvalue weighted by molar-refractivity contribution is 0.625. The van der Waals surface area contributed by atoms with Gasteiger partial charge in [0.1, 0.15) is 5.82 Å². The number of aromatic nitrogens is 2. The monoisotopic (exact) mass is 292 g/mol. The summed E-state index contributed by atoms with van der Waals surface area (Å²) in [5, 5.41) is 0.631. The van der Waals surface area contributed by atoms with Gasteiger partial charge in [-0.15, -0.1) is 0 Å². The third-order valence-corrected chi connectivity index (χ3v) is 3.45. The maximum absolute atomic E-state index is 13.5. The van der Waals surface area contributed by atoms with Crippen molar-refractivity contribution in [3.05, 3.63) is 57.6 Å². The first-order chi connectivity index (χ1) is 9.04. The van der Waals surface area contributed by atoms with Crippen LogP contribution in [0.3, 0.4) is 0 Å². The number of aromatic amines is 1. The number of rotatable bonds is 1. The minimum absolute atomic E-state index is 0.278. The second-order valence-electron chi connectivity index (χ2n) is 4.41. The molecule has 3 aromatic rings. The fourth-order valence-electron chi connectivity index (χ4n) is 2.19. The molecule has 2 aromatic carbocycles. The van der Waals surface area contributed by atoms with Crippen molar-refractivity contribution in [2.75, 3.05) is 0 Å². The minimum Gasteiger partial charge on any atom is -0.330 e. The average molecular weight is 293 g/mol. The minimum atomic E-state index is -0.278. The summed E-state index contributed by atoms with van der Waals surface area (Å²) < 4.78 is 15.9. The van der Waals surface area contributed by atoms with E-state index in [1.165, 1.54) is 12.1 Å². The van der Waals surface area contributed by atoms with E-state index < -0.39 is 0 Å². The van der Waals surface area contributed by atoms with Crippen LogP contribution < -0.4 is 0 Å². The van der Waals surface area contributed by atoms with Crippen LogP contribution in [0.2, 0.25) is 5.02 Å². The Bertz CT molecular complexity index is 815. The molecular weight excluding hydrogens is 283 g/mol. The van der Waals surface area contributed by atoms with Gasteiger partial charge in [-0.3, -0.25) is 4.57 Å². The Morgan fingerprint density at radius 1 is 1.21 bits per heavy atom. The van der Waals surface area contributed by atoms with Gasteiger partial charge in [-0.05, 0) is 61.1 Å². The zero-order valence-corrected chi connectivity index (χ0v) is 11.6. The van der Waals surface area contributed by atoms with E-state index in [2.05, 4.69) is 4.98 Å². The Labute approximate surface area is 119 Å². The molecule has 3 rings (SSSR count). The van der Waals surface area contributed by atoms with E-state index in [-0.39, 0.29) is 5.82 Å². The molecule has 5 heteroatoms. The van der Waals surface area contributed by atoms with E-state index in [1.54, 1.807) is 16.7 Å². The molecule has 0 unspecified atom stereocenters. The normalized spacial score (nSPS) is 11.1. The molecule has 0 atom stereocenters. The molecule has 19 heavy (non-hydrogen) atoms. The van der Waals surface area contributed by atoms with E-state index in [4.69, 9.17) is 23.8 Å². The van der Waals surface area contributed by atoms with Crippen molar-refractivity contribution >= 4 is 34.9 Å². The van der Waals surface area contributed by atoms with E-state index in [1.807, 2.05) is 19.1 Å². The number of nitrogens with one attached hydrogen (secondary N) is 1. The maximum atomic E-state index is 13.5. The SMILES string of the molecule is Cc1cc(F)cc(-n2c(=S)[nH]c3cc(Cl)ccc32)c1. The number of benzene rings is 2. The predicted molar refractivity (Wildman–Crippen MR) is 78.2 cm³/mol. The molecule has 0 bridgehead atoms. The van der Waals surface area contributed by atoms with E-state index in [0.29, 0.717) is 15.5 Å². The first-order valence-electron chi connectivity index (χ1n) is 5.72. The predicted octanol–water partition coefficient (Wildman–Crippen LogP) is 4.79. The van der Waals surface area contributed by atoms with Crippen LogP contribution >= 0.6 is 23.8 Å². The molecule has 1 heterocycles. The second kappa shape index (κ2) is 4.47. The van der Waals surface area contributed by atoms with Crippen molar-refractivity contribution in [3.8, 4) is 5.69 Å². The number of fused-ring (bicyclic) bond motifs is 1. The third-order valence-electron chi connectivity index (χ3n) is 2.93. The summed E-state index contributed by atoms with van der Waals surface area (Å²) in [5.74, 6) is -0.278. The molecular formula is C14H10ClFN2S. The first-order valence-corrected chi connectivity index (χ1v) is 6.51. The van der Waals surface area contributed by atoms with Gasteiger partial charge in [0.25, 0.3) is 0 Å². The number of H-pyrrole nitrogens is 1. The van der Waals surface area contributed by atoms with Gasteiger partial charge in [0.05, 0.1) is 16.7 Å². The quantitative estimate of drug-likeness (QED) is 0.640. The lowest BCUT2D eigenvalue weighted by atomic mass is 10.2. The molecule has 0 fully saturated rings. The van der Waals surface area contributed by atoms with Crippen LogP contribution in [-0.2, 0) is 0 Å². The van der Waals surface area contributed by atoms with Gasteiger partial charge < -0.3 is 4.98 Å². The molecule has 0 saturated carbocycles. The summed E-state index contributed by atoms with van der Waals surface area (Å²) in [5.41, 5.74) is 3.26. The van der Waals surface area contributed by atoms with Gasteiger partial charge in [-0.1, -0.05) is 11.6 Å². The number of nitrogens with zero attached hydrogens (tertiary/aromatic N) is 1. The molecule has 0 radical (unpaired) electrons. The fourth-order valence-corrected chi connectivity index (χ4v) is 2.67. The highest BCUT2D eigenvalue weighted by atomic mass is 35.5. The number of hydrogen-bond donors (Lipinski definition) is 1.